The molecule has 0 unspecified atom stereocenters. The van der Waals surface area contributed by atoms with E-state index in [4.69, 9.17) is 0 Å². The van der Waals surface area contributed by atoms with Crippen LogP contribution >= 0.6 is 11.5 Å². The minimum Gasteiger partial charge on any atom is -0.338 e. The molecule has 1 aliphatic heterocycles. The maximum Gasteiger partial charge on any atom is 0.267 e. The highest BCUT2D eigenvalue weighted by Crippen LogP contribution is 2.25. The van der Waals surface area contributed by atoms with Gasteiger partial charge in [-0.15, -0.1) is 5.10 Å². The summed E-state index contributed by atoms with van der Waals surface area (Å²) < 4.78 is 31.3. The molecule has 1 aromatic heterocycles. The molecule has 1 aliphatic rings. The number of carbonyl (C=O) groups excluding carboxylic acids is 1. The van der Waals surface area contributed by atoms with Gasteiger partial charge in [0.25, 0.3) is 5.91 Å². The first-order valence-electron chi connectivity index (χ1n) is 8.07. The van der Waals surface area contributed by atoms with Crippen LogP contribution in [0.5, 0.6) is 0 Å². The second-order valence-corrected chi connectivity index (χ2v) is 6.94. The van der Waals surface area contributed by atoms with Crippen LogP contribution in [0.15, 0.2) is 18.2 Å². The molecule has 1 saturated heterocycles. The van der Waals surface area contributed by atoms with E-state index in [-0.39, 0.29) is 17.4 Å². The Hall–Kier alpha value is -1.89. The predicted molar refractivity (Wildman–Crippen MR) is 88.0 cm³/mol. The average molecular weight is 351 g/mol. The molecule has 0 bridgehead atoms. The van der Waals surface area contributed by atoms with Crippen LogP contribution < -0.4 is 0 Å². The molecule has 0 radical (unpaired) electrons. The molecule has 24 heavy (non-hydrogen) atoms. The SMILES string of the molecule is Cc1nnsc1C(=O)N1CCC[C@H](CCc2c(F)cccc2F)C1. The zero-order valence-corrected chi connectivity index (χ0v) is 14.3. The number of aryl methyl sites for hydroxylation is 1. The van der Waals surface area contributed by atoms with Gasteiger partial charge in [0.15, 0.2) is 0 Å². The van der Waals surface area contributed by atoms with Crippen molar-refractivity contribution in [1.82, 2.24) is 14.5 Å². The molecule has 4 nitrogen and oxygen atoms in total. The van der Waals surface area contributed by atoms with Gasteiger partial charge in [-0.25, -0.2) is 8.78 Å². The summed E-state index contributed by atoms with van der Waals surface area (Å²) in [5, 5.41) is 3.88. The third-order valence-electron chi connectivity index (χ3n) is 4.52. The van der Waals surface area contributed by atoms with Crippen molar-refractivity contribution in [2.24, 2.45) is 5.92 Å². The van der Waals surface area contributed by atoms with Gasteiger partial charge in [-0.05, 0) is 62.2 Å². The number of halogens is 2. The Morgan fingerprint density at radius 3 is 2.79 bits per heavy atom. The van der Waals surface area contributed by atoms with Crippen molar-refractivity contribution in [3.63, 3.8) is 0 Å². The van der Waals surface area contributed by atoms with Crippen molar-refractivity contribution in [2.45, 2.75) is 32.6 Å². The van der Waals surface area contributed by atoms with Crippen LogP contribution in [0.2, 0.25) is 0 Å². The standard InChI is InChI=1S/C17H19F2N3OS/c1-11-16(24-21-20-11)17(23)22-9-3-4-12(10-22)7-8-13-14(18)5-2-6-15(13)19/h2,5-6,12H,3-4,7-10H2,1H3/t12-/m1/s1. The first-order chi connectivity index (χ1) is 11.6. The number of aromatic nitrogens is 2. The molecule has 1 aromatic carbocycles. The second kappa shape index (κ2) is 7.34. The zero-order chi connectivity index (χ0) is 17.1. The minimum atomic E-state index is -0.495. The molecule has 128 valence electrons. The average Bonchev–Trinajstić information content (AvgIpc) is 3.00. The minimum absolute atomic E-state index is 0.0377. The predicted octanol–water partition coefficient (Wildman–Crippen LogP) is 3.61. The number of amides is 1. The molecular weight excluding hydrogens is 332 g/mol. The Morgan fingerprint density at radius 2 is 2.12 bits per heavy atom. The van der Waals surface area contributed by atoms with Gasteiger partial charge in [-0.1, -0.05) is 10.6 Å². The summed E-state index contributed by atoms with van der Waals surface area (Å²) in [6, 6.07) is 3.95. The van der Waals surface area contributed by atoms with Crippen LogP contribution in [-0.4, -0.2) is 33.5 Å². The van der Waals surface area contributed by atoms with Crippen molar-refractivity contribution >= 4 is 17.4 Å². The summed E-state index contributed by atoms with van der Waals surface area (Å²) in [7, 11) is 0. The second-order valence-electron chi connectivity index (χ2n) is 6.19. The highest BCUT2D eigenvalue weighted by molar-refractivity contribution is 7.07. The van der Waals surface area contributed by atoms with E-state index >= 15 is 0 Å². The van der Waals surface area contributed by atoms with Crippen molar-refractivity contribution in [3.05, 3.63) is 46.0 Å². The van der Waals surface area contributed by atoms with Gasteiger partial charge in [0, 0.05) is 18.7 Å². The summed E-state index contributed by atoms with van der Waals surface area (Å²) in [5.41, 5.74) is 0.795. The molecule has 0 saturated carbocycles. The van der Waals surface area contributed by atoms with Gasteiger partial charge >= 0.3 is 0 Å². The van der Waals surface area contributed by atoms with Crippen molar-refractivity contribution < 1.29 is 13.6 Å². The summed E-state index contributed by atoms with van der Waals surface area (Å²) in [5.74, 6) is -0.776. The Labute approximate surface area is 143 Å². The largest absolute Gasteiger partial charge is 0.338 e. The fraction of sp³-hybridized carbons (Fsp3) is 0.471. The summed E-state index contributed by atoms with van der Waals surface area (Å²) in [6.07, 6.45) is 2.90. The van der Waals surface area contributed by atoms with E-state index < -0.39 is 11.6 Å². The highest BCUT2D eigenvalue weighted by Gasteiger charge is 2.27. The lowest BCUT2D eigenvalue weighted by Gasteiger charge is -2.32. The highest BCUT2D eigenvalue weighted by atomic mass is 32.1. The van der Waals surface area contributed by atoms with E-state index in [0.717, 1.165) is 24.4 Å². The molecule has 0 aliphatic carbocycles. The number of rotatable bonds is 4. The Kier molecular flexibility index (Phi) is 5.18. The molecule has 2 heterocycles. The zero-order valence-electron chi connectivity index (χ0n) is 13.5. The fourth-order valence-electron chi connectivity index (χ4n) is 3.18. The lowest BCUT2D eigenvalue weighted by molar-refractivity contribution is 0.0672. The third kappa shape index (κ3) is 3.61. The molecule has 1 fully saturated rings. The van der Waals surface area contributed by atoms with Gasteiger partial charge in [0.1, 0.15) is 16.5 Å². The number of nitrogens with zero attached hydrogens (tertiary/aromatic N) is 3. The summed E-state index contributed by atoms with van der Waals surface area (Å²) >= 11 is 1.12. The molecule has 0 spiro atoms. The van der Waals surface area contributed by atoms with E-state index in [0.29, 0.717) is 36.5 Å². The summed E-state index contributed by atoms with van der Waals surface area (Å²) in [6.45, 7) is 3.10. The van der Waals surface area contributed by atoms with E-state index in [1.54, 1.807) is 6.92 Å². The van der Waals surface area contributed by atoms with Gasteiger partial charge in [0.05, 0.1) is 5.69 Å². The monoisotopic (exact) mass is 351 g/mol. The summed E-state index contributed by atoms with van der Waals surface area (Å²) in [4.78, 5) is 14.9. The Morgan fingerprint density at radius 1 is 1.38 bits per heavy atom. The molecule has 2 aromatic rings. The van der Waals surface area contributed by atoms with E-state index in [9.17, 15) is 13.6 Å². The van der Waals surface area contributed by atoms with Crippen LogP contribution in [0.3, 0.4) is 0 Å². The van der Waals surface area contributed by atoms with Crippen molar-refractivity contribution in [2.75, 3.05) is 13.1 Å². The molecule has 3 rings (SSSR count). The van der Waals surface area contributed by atoms with Gasteiger partial charge in [-0.3, -0.25) is 4.79 Å². The van der Waals surface area contributed by atoms with Crippen molar-refractivity contribution in [1.29, 1.82) is 0 Å². The molecular formula is C17H19F2N3OS. The molecule has 1 amide bonds. The number of carbonyl (C=O) groups is 1. The quantitative estimate of drug-likeness (QED) is 0.845. The number of piperidine rings is 1. The Balaban J connectivity index is 1.62. The lowest BCUT2D eigenvalue weighted by atomic mass is 9.91. The number of hydrogen-bond donors (Lipinski definition) is 0. The normalized spacial score (nSPS) is 18.0. The molecule has 7 heteroatoms. The molecule has 1 atom stereocenters. The lowest BCUT2D eigenvalue weighted by Crippen LogP contribution is -2.40. The van der Waals surface area contributed by atoms with Crippen LogP contribution in [0, 0.1) is 24.5 Å². The number of likely N-dealkylation sites (tertiary alicyclic amines) is 1. The maximum absolute atomic E-state index is 13.7. The van der Waals surface area contributed by atoms with E-state index in [1.807, 2.05) is 4.90 Å². The van der Waals surface area contributed by atoms with Gasteiger partial charge < -0.3 is 4.90 Å². The first-order valence-corrected chi connectivity index (χ1v) is 8.84. The van der Waals surface area contributed by atoms with E-state index in [2.05, 4.69) is 9.59 Å². The van der Waals surface area contributed by atoms with Gasteiger partial charge in [-0.2, -0.15) is 0 Å². The fourth-order valence-corrected chi connectivity index (χ4v) is 3.80. The van der Waals surface area contributed by atoms with Crippen molar-refractivity contribution in [3.8, 4) is 0 Å². The Bertz CT molecular complexity index is 714. The first kappa shape index (κ1) is 17.0. The topological polar surface area (TPSA) is 46.1 Å². The third-order valence-corrected chi connectivity index (χ3v) is 5.33. The van der Waals surface area contributed by atoms with Crippen LogP contribution in [0.25, 0.3) is 0 Å². The molecule has 0 N–H and O–H groups in total. The smallest absolute Gasteiger partial charge is 0.267 e. The van der Waals surface area contributed by atoms with Gasteiger partial charge in [0.2, 0.25) is 0 Å². The van der Waals surface area contributed by atoms with E-state index in [1.165, 1.54) is 18.2 Å². The van der Waals surface area contributed by atoms with Crippen LogP contribution in [-0.2, 0) is 6.42 Å². The number of hydrogen-bond acceptors (Lipinski definition) is 4. The number of benzene rings is 1. The van der Waals surface area contributed by atoms with Crippen LogP contribution in [0.4, 0.5) is 8.78 Å². The van der Waals surface area contributed by atoms with Crippen LogP contribution in [0.1, 0.15) is 40.2 Å². The maximum atomic E-state index is 13.7.